The van der Waals surface area contributed by atoms with E-state index in [0.717, 1.165) is 65.2 Å². The largest absolute Gasteiger partial charge is 0.355 e. The molecule has 2 heterocycles. The topological polar surface area (TPSA) is 38.8 Å². The Balaban J connectivity index is 2.07. The molecular formula is C20H40N4O. The SMILES string of the molecule is CCN1CCN(CC2(C(=O)NCC(C)C)CCN(C)CC2)CC1(C)C. The van der Waals surface area contributed by atoms with Crippen LogP contribution in [0.4, 0.5) is 0 Å². The Morgan fingerprint density at radius 2 is 1.76 bits per heavy atom. The summed E-state index contributed by atoms with van der Waals surface area (Å²) >= 11 is 0. The van der Waals surface area contributed by atoms with E-state index in [2.05, 4.69) is 61.7 Å². The summed E-state index contributed by atoms with van der Waals surface area (Å²) in [4.78, 5) is 20.6. The van der Waals surface area contributed by atoms with Crippen LogP contribution >= 0.6 is 0 Å². The lowest BCUT2D eigenvalue weighted by Gasteiger charge is -2.50. The molecule has 0 radical (unpaired) electrons. The number of rotatable bonds is 6. The molecule has 1 N–H and O–H groups in total. The first-order chi connectivity index (χ1) is 11.7. The molecule has 5 heteroatoms. The van der Waals surface area contributed by atoms with Gasteiger partial charge in [-0.15, -0.1) is 0 Å². The van der Waals surface area contributed by atoms with Crippen LogP contribution in [-0.2, 0) is 4.79 Å². The third-order valence-electron chi connectivity index (χ3n) is 6.16. The van der Waals surface area contributed by atoms with Gasteiger partial charge < -0.3 is 10.2 Å². The van der Waals surface area contributed by atoms with E-state index in [1.807, 2.05) is 0 Å². The van der Waals surface area contributed by atoms with Crippen LogP contribution in [0.3, 0.4) is 0 Å². The van der Waals surface area contributed by atoms with Crippen molar-refractivity contribution in [2.75, 3.05) is 59.4 Å². The molecule has 0 aromatic heterocycles. The molecule has 2 aliphatic heterocycles. The van der Waals surface area contributed by atoms with Gasteiger partial charge in [-0.1, -0.05) is 20.8 Å². The number of likely N-dealkylation sites (tertiary alicyclic amines) is 1. The number of nitrogens with zero attached hydrogens (tertiary/aromatic N) is 3. The monoisotopic (exact) mass is 352 g/mol. The van der Waals surface area contributed by atoms with Gasteiger partial charge in [0.25, 0.3) is 0 Å². The number of piperazine rings is 1. The molecule has 5 nitrogen and oxygen atoms in total. The summed E-state index contributed by atoms with van der Waals surface area (Å²) in [6, 6.07) is 0. The van der Waals surface area contributed by atoms with Crippen LogP contribution in [0.25, 0.3) is 0 Å². The lowest BCUT2D eigenvalue weighted by atomic mass is 9.76. The van der Waals surface area contributed by atoms with E-state index in [1.54, 1.807) is 0 Å². The minimum atomic E-state index is -0.216. The van der Waals surface area contributed by atoms with Gasteiger partial charge in [0, 0.05) is 38.3 Å². The van der Waals surface area contributed by atoms with Crippen molar-refractivity contribution >= 4 is 5.91 Å². The summed E-state index contributed by atoms with van der Waals surface area (Å²) in [5.41, 5.74) is -0.0279. The van der Waals surface area contributed by atoms with E-state index in [-0.39, 0.29) is 16.9 Å². The van der Waals surface area contributed by atoms with Crippen molar-refractivity contribution in [1.29, 1.82) is 0 Å². The van der Waals surface area contributed by atoms with Gasteiger partial charge >= 0.3 is 0 Å². The minimum Gasteiger partial charge on any atom is -0.355 e. The Labute approximate surface area is 155 Å². The zero-order valence-electron chi connectivity index (χ0n) is 17.4. The fourth-order valence-corrected chi connectivity index (χ4v) is 4.43. The molecule has 146 valence electrons. The zero-order valence-corrected chi connectivity index (χ0v) is 17.4. The van der Waals surface area contributed by atoms with Gasteiger partial charge in [0.1, 0.15) is 0 Å². The van der Waals surface area contributed by atoms with Crippen molar-refractivity contribution in [3.8, 4) is 0 Å². The highest BCUT2D eigenvalue weighted by atomic mass is 16.2. The molecule has 2 rings (SSSR count). The van der Waals surface area contributed by atoms with Crippen LogP contribution in [0.1, 0.15) is 47.5 Å². The summed E-state index contributed by atoms with van der Waals surface area (Å²) < 4.78 is 0. The smallest absolute Gasteiger partial charge is 0.227 e. The predicted molar refractivity (Wildman–Crippen MR) is 105 cm³/mol. The number of piperidine rings is 1. The minimum absolute atomic E-state index is 0.189. The second-order valence-electron chi connectivity index (χ2n) is 9.29. The maximum absolute atomic E-state index is 13.1. The van der Waals surface area contributed by atoms with Crippen molar-refractivity contribution < 1.29 is 4.79 Å². The van der Waals surface area contributed by atoms with E-state index in [4.69, 9.17) is 0 Å². The number of carbonyl (C=O) groups is 1. The van der Waals surface area contributed by atoms with Gasteiger partial charge in [-0.3, -0.25) is 14.6 Å². The van der Waals surface area contributed by atoms with Gasteiger partial charge in [-0.05, 0) is 59.3 Å². The van der Waals surface area contributed by atoms with Crippen molar-refractivity contribution in [1.82, 2.24) is 20.0 Å². The highest BCUT2D eigenvalue weighted by Gasteiger charge is 2.44. The van der Waals surface area contributed by atoms with Gasteiger partial charge in [-0.25, -0.2) is 0 Å². The molecule has 2 fully saturated rings. The molecule has 1 amide bonds. The molecule has 2 aliphatic rings. The van der Waals surface area contributed by atoms with Crippen LogP contribution in [0.15, 0.2) is 0 Å². The number of hydrogen-bond acceptors (Lipinski definition) is 4. The van der Waals surface area contributed by atoms with E-state index in [1.165, 1.54) is 0 Å². The Kier molecular flexibility index (Phi) is 6.91. The van der Waals surface area contributed by atoms with Crippen LogP contribution in [0.2, 0.25) is 0 Å². The highest BCUT2D eigenvalue weighted by molar-refractivity contribution is 5.83. The van der Waals surface area contributed by atoms with E-state index in [0.29, 0.717) is 5.92 Å². The number of hydrogen-bond donors (Lipinski definition) is 1. The Morgan fingerprint density at radius 1 is 1.12 bits per heavy atom. The summed E-state index contributed by atoms with van der Waals surface area (Å²) in [5, 5.41) is 3.24. The molecule has 25 heavy (non-hydrogen) atoms. The Hall–Kier alpha value is -0.650. The van der Waals surface area contributed by atoms with Crippen molar-refractivity contribution in [3.05, 3.63) is 0 Å². The molecule has 2 saturated heterocycles. The van der Waals surface area contributed by atoms with Gasteiger partial charge in [0.2, 0.25) is 5.91 Å². The molecule has 0 unspecified atom stereocenters. The molecular weight excluding hydrogens is 312 g/mol. The summed E-state index contributed by atoms with van der Waals surface area (Å²) in [5.74, 6) is 0.782. The third-order valence-corrected chi connectivity index (χ3v) is 6.16. The van der Waals surface area contributed by atoms with Crippen molar-refractivity contribution in [2.45, 2.75) is 53.0 Å². The third kappa shape index (κ3) is 5.18. The zero-order chi connectivity index (χ0) is 18.7. The normalized spacial score (nSPS) is 25.2. The summed E-state index contributed by atoms with van der Waals surface area (Å²) in [7, 11) is 2.17. The standard InChI is InChI=1S/C20H40N4O/c1-7-24-13-12-23(15-19(24,4)5)16-20(8-10-22(6)11-9-20)18(25)21-14-17(2)3/h17H,7-16H2,1-6H3,(H,21,25). The fourth-order valence-electron chi connectivity index (χ4n) is 4.43. The molecule has 0 aromatic rings. The molecule has 0 saturated carbocycles. The molecule has 0 bridgehead atoms. The maximum atomic E-state index is 13.1. The molecule has 0 aromatic carbocycles. The lowest BCUT2D eigenvalue weighted by Crippen LogP contribution is -2.62. The first kappa shape index (κ1) is 20.7. The molecule has 0 aliphatic carbocycles. The first-order valence-electron chi connectivity index (χ1n) is 10.1. The van der Waals surface area contributed by atoms with Crippen LogP contribution in [0.5, 0.6) is 0 Å². The van der Waals surface area contributed by atoms with Crippen LogP contribution in [0, 0.1) is 11.3 Å². The summed E-state index contributed by atoms with van der Waals surface area (Å²) in [6.07, 6.45) is 1.95. The van der Waals surface area contributed by atoms with Crippen molar-refractivity contribution in [2.24, 2.45) is 11.3 Å². The van der Waals surface area contributed by atoms with E-state index < -0.39 is 0 Å². The maximum Gasteiger partial charge on any atom is 0.227 e. The van der Waals surface area contributed by atoms with Crippen LogP contribution < -0.4 is 5.32 Å². The summed E-state index contributed by atoms with van der Waals surface area (Å²) in [6.45, 7) is 19.3. The first-order valence-corrected chi connectivity index (χ1v) is 10.1. The molecule has 0 spiro atoms. The average Bonchev–Trinajstić information content (AvgIpc) is 2.54. The average molecular weight is 353 g/mol. The van der Waals surface area contributed by atoms with Crippen molar-refractivity contribution in [3.63, 3.8) is 0 Å². The number of likely N-dealkylation sites (N-methyl/N-ethyl adjacent to an activating group) is 1. The highest BCUT2D eigenvalue weighted by Crippen LogP contribution is 2.34. The quantitative estimate of drug-likeness (QED) is 0.792. The Morgan fingerprint density at radius 3 is 2.28 bits per heavy atom. The molecule has 0 atom stereocenters. The van der Waals surface area contributed by atoms with Crippen LogP contribution in [-0.4, -0.2) is 85.6 Å². The predicted octanol–water partition coefficient (Wildman–Crippen LogP) is 1.89. The lowest BCUT2D eigenvalue weighted by molar-refractivity contribution is -0.136. The number of nitrogens with one attached hydrogen (secondary N) is 1. The van der Waals surface area contributed by atoms with Gasteiger partial charge in [0.05, 0.1) is 5.41 Å². The van der Waals surface area contributed by atoms with Gasteiger partial charge in [-0.2, -0.15) is 0 Å². The fraction of sp³-hybridized carbons (Fsp3) is 0.950. The van der Waals surface area contributed by atoms with Gasteiger partial charge in [0.15, 0.2) is 0 Å². The second-order valence-corrected chi connectivity index (χ2v) is 9.29. The van der Waals surface area contributed by atoms with E-state index >= 15 is 0 Å². The number of carbonyl (C=O) groups excluding carboxylic acids is 1. The second kappa shape index (κ2) is 8.36. The van der Waals surface area contributed by atoms with E-state index in [9.17, 15) is 4.79 Å². The number of amides is 1. The Bertz CT molecular complexity index is 441.